The number of hydrogen-bond acceptors (Lipinski definition) is 5. The minimum atomic E-state index is -3.37. The number of ether oxygens (including phenoxy) is 1. The van der Waals surface area contributed by atoms with Gasteiger partial charge in [0.05, 0.1) is 0 Å². The van der Waals surface area contributed by atoms with Crippen molar-refractivity contribution in [1.29, 1.82) is 0 Å². The Hall–Kier alpha value is -1.19. The monoisotopic (exact) mass is 385 g/mol. The number of β-amino-alcohol motifs (C(OH)–C–C–N with tert-alkyl or cyclic N) is 1. The van der Waals surface area contributed by atoms with E-state index in [0.29, 0.717) is 45.8 Å². The van der Waals surface area contributed by atoms with Crippen molar-refractivity contribution < 1.29 is 18.3 Å². The number of nitrogens with zero attached hydrogens (tertiary/aromatic N) is 3. The molecule has 2 rings (SSSR count). The zero-order valence-corrected chi connectivity index (χ0v) is 16.8. The Balaban J connectivity index is 1.78. The zero-order valence-electron chi connectivity index (χ0n) is 16.0. The van der Waals surface area contributed by atoms with Gasteiger partial charge in [-0.05, 0) is 18.6 Å². The van der Waals surface area contributed by atoms with Gasteiger partial charge in [0.2, 0.25) is 0 Å². The van der Waals surface area contributed by atoms with E-state index in [9.17, 15) is 13.5 Å². The zero-order chi connectivity index (χ0) is 19.2. The molecule has 7 nitrogen and oxygen atoms in total. The minimum absolute atomic E-state index is 0.225. The SMILES string of the molecule is CCN(CC)S(=O)(=O)N1CCN(CC(O)COc2ccccc2C)CC1. The summed E-state index contributed by atoms with van der Waals surface area (Å²) in [5, 5.41) is 10.2. The predicted octanol–water partition coefficient (Wildman–Crippen LogP) is 0.939. The largest absolute Gasteiger partial charge is 0.491 e. The molecule has 1 atom stereocenters. The molecule has 0 saturated carbocycles. The molecule has 1 aromatic carbocycles. The lowest BCUT2D eigenvalue weighted by molar-refractivity contribution is 0.0561. The van der Waals surface area contributed by atoms with Crippen LogP contribution in [0.3, 0.4) is 0 Å². The fourth-order valence-electron chi connectivity index (χ4n) is 3.11. The lowest BCUT2D eigenvalue weighted by Gasteiger charge is -2.36. The van der Waals surface area contributed by atoms with Crippen molar-refractivity contribution in [3.63, 3.8) is 0 Å². The maximum Gasteiger partial charge on any atom is 0.282 e. The third-order valence-corrected chi connectivity index (χ3v) is 6.87. The summed E-state index contributed by atoms with van der Waals surface area (Å²) in [7, 11) is -3.37. The number of aliphatic hydroxyl groups excluding tert-OH is 1. The van der Waals surface area contributed by atoms with Crippen molar-refractivity contribution in [2.45, 2.75) is 26.9 Å². The molecule has 1 fully saturated rings. The molecular formula is C18H31N3O4S. The summed E-state index contributed by atoms with van der Waals surface area (Å²) in [5.41, 5.74) is 1.04. The van der Waals surface area contributed by atoms with Gasteiger partial charge >= 0.3 is 0 Å². The Morgan fingerprint density at radius 3 is 2.35 bits per heavy atom. The first-order valence-corrected chi connectivity index (χ1v) is 10.6. The molecule has 0 amide bonds. The second-order valence-corrected chi connectivity index (χ2v) is 8.45. The van der Waals surface area contributed by atoms with E-state index in [1.165, 1.54) is 8.61 Å². The topological polar surface area (TPSA) is 73.3 Å². The number of aliphatic hydroxyl groups is 1. The molecule has 1 aliphatic rings. The first kappa shape index (κ1) is 21.1. The summed E-state index contributed by atoms with van der Waals surface area (Å²) in [6, 6.07) is 7.71. The summed E-state index contributed by atoms with van der Waals surface area (Å²) in [6.07, 6.45) is -0.611. The molecule has 0 spiro atoms. The number of aryl methyl sites for hydroxylation is 1. The van der Waals surface area contributed by atoms with Gasteiger partial charge in [-0.2, -0.15) is 17.0 Å². The maximum absolute atomic E-state index is 12.5. The summed E-state index contributed by atoms with van der Waals surface area (Å²) in [4.78, 5) is 2.08. The van der Waals surface area contributed by atoms with E-state index >= 15 is 0 Å². The molecule has 1 N–H and O–H groups in total. The quantitative estimate of drug-likeness (QED) is 0.685. The molecule has 1 unspecified atom stereocenters. The number of rotatable bonds is 9. The number of benzene rings is 1. The Morgan fingerprint density at radius 1 is 1.15 bits per heavy atom. The molecule has 0 bridgehead atoms. The van der Waals surface area contributed by atoms with Crippen molar-refractivity contribution in [3.05, 3.63) is 29.8 Å². The second kappa shape index (κ2) is 9.66. The maximum atomic E-state index is 12.5. The van der Waals surface area contributed by atoms with E-state index in [1.54, 1.807) is 0 Å². The highest BCUT2D eigenvalue weighted by Crippen LogP contribution is 2.17. The van der Waals surface area contributed by atoms with Crippen LogP contribution in [0.15, 0.2) is 24.3 Å². The van der Waals surface area contributed by atoms with Gasteiger partial charge in [-0.3, -0.25) is 4.90 Å². The summed E-state index contributed by atoms with van der Waals surface area (Å²) < 4.78 is 33.8. The van der Waals surface area contributed by atoms with Crippen LogP contribution in [0.2, 0.25) is 0 Å². The van der Waals surface area contributed by atoms with E-state index in [4.69, 9.17) is 4.74 Å². The number of para-hydroxylation sites is 1. The van der Waals surface area contributed by atoms with Crippen LogP contribution in [0.25, 0.3) is 0 Å². The van der Waals surface area contributed by atoms with Gasteiger partial charge in [-0.25, -0.2) is 0 Å². The molecule has 0 radical (unpaired) electrons. The van der Waals surface area contributed by atoms with Gasteiger partial charge in [0, 0.05) is 45.8 Å². The van der Waals surface area contributed by atoms with Gasteiger partial charge < -0.3 is 9.84 Å². The van der Waals surface area contributed by atoms with Crippen LogP contribution in [0.5, 0.6) is 5.75 Å². The second-order valence-electron chi connectivity index (χ2n) is 6.52. The van der Waals surface area contributed by atoms with E-state index in [-0.39, 0.29) is 6.61 Å². The van der Waals surface area contributed by atoms with Crippen molar-refractivity contribution >= 4 is 10.2 Å². The van der Waals surface area contributed by atoms with Gasteiger partial charge in [-0.15, -0.1) is 0 Å². The highest BCUT2D eigenvalue weighted by atomic mass is 32.2. The molecule has 0 aromatic heterocycles. The van der Waals surface area contributed by atoms with Crippen LogP contribution >= 0.6 is 0 Å². The van der Waals surface area contributed by atoms with Gasteiger partial charge in [-0.1, -0.05) is 32.0 Å². The Labute approximate surface area is 157 Å². The molecular weight excluding hydrogens is 354 g/mol. The smallest absolute Gasteiger partial charge is 0.282 e. The first-order chi connectivity index (χ1) is 12.4. The Morgan fingerprint density at radius 2 is 1.77 bits per heavy atom. The van der Waals surface area contributed by atoms with Crippen LogP contribution in [0, 0.1) is 6.92 Å². The van der Waals surface area contributed by atoms with Crippen LogP contribution in [-0.2, 0) is 10.2 Å². The molecule has 1 aromatic rings. The summed E-state index contributed by atoms with van der Waals surface area (Å²) in [5.74, 6) is 0.779. The van der Waals surface area contributed by atoms with E-state index in [2.05, 4.69) is 4.90 Å². The lowest BCUT2D eigenvalue weighted by atomic mass is 10.2. The van der Waals surface area contributed by atoms with Crippen molar-refractivity contribution in [2.24, 2.45) is 0 Å². The normalized spacial score (nSPS) is 18.2. The number of piperazine rings is 1. The van der Waals surface area contributed by atoms with Gasteiger partial charge in [0.15, 0.2) is 0 Å². The van der Waals surface area contributed by atoms with Crippen molar-refractivity contribution in [1.82, 2.24) is 13.5 Å². The third kappa shape index (κ3) is 5.40. The average Bonchev–Trinajstić information content (AvgIpc) is 2.62. The molecule has 0 aliphatic carbocycles. The summed E-state index contributed by atoms with van der Waals surface area (Å²) in [6.45, 7) is 9.45. The molecule has 1 saturated heterocycles. The highest BCUT2D eigenvalue weighted by molar-refractivity contribution is 7.86. The van der Waals surface area contributed by atoms with E-state index < -0.39 is 16.3 Å². The molecule has 1 heterocycles. The minimum Gasteiger partial charge on any atom is -0.491 e. The lowest BCUT2D eigenvalue weighted by Crippen LogP contribution is -2.54. The molecule has 1 aliphatic heterocycles. The first-order valence-electron chi connectivity index (χ1n) is 9.22. The standard InChI is InChI=1S/C18H31N3O4S/c1-4-20(5-2)26(23,24)21-12-10-19(11-13-21)14-17(22)15-25-18-9-7-6-8-16(18)3/h6-9,17,22H,4-5,10-15H2,1-3H3. The van der Waals surface area contributed by atoms with Crippen LogP contribution < -0.4 is 4.74 Å². The van der Waals surface area contributed by atoms with Crippen molar-refractivity contribution in [3.8, 4) is 5.75 Å². The molecule has 148 valence electrons. The summed E-state index contributed by atoms with van der Waals surface area (Å²) >= 11 is 0. The number of hydrogen-bond donors (Lipinski definition) is 1. The van der Waals surface area contributed by atoms with Crippen LogP contribution in [0.1, 0.15) is 19.4 Å². The molecule has 8 heteroatoms. The highest BCUT2D eigenvalue weighted by Gasteiger charge is 2.31. The van der Waals surface area contributed by atoms with Crippen molar-refractivity contribution in [2.75, 3.05) is 52.4 Å². The van der Waals surface area contributed by atoms with Crippen LogP contribution in [0.4, 0.5) is 0 Å². The molecule has 26 heavy (non-hydrogen) atoms. The van der Waals surface area contributed by atoms with Gasteiger partial charge in [0.1, 0.15) is 18.5 Å². The fourth-order valence-corrected chi connectivity index (χ4v) is 4.72. The van der Waals surface area contributed by atoms with E-state index in [0.717, 1.165) is 11.3 Å². The predicted molar refractivity (Wildman–Crippen MR) is 103 cm³/mol. The van der Waals surface area contributed by atoms with Crippen LogP contribution in [-0.4, -0.2) is 85.6 Å². The average molecular weight is 386 g/mol. The third-order valence-electron chi connectivity index (χ3n) is 4.68. The van der Waals surface area contributed by atoms with Gasteiger partial charge in [0.25, 0.3) is 10.2 Å². The Bertz CT molecular complexity index is 656. The fraction of sp³-hybridized carbons (Fsp3) is 0.667. The van der Waals surface area contributed by atoms with E-state index in [1.807, 2.05) is 45.0 Å². The Kier molecular flexibility index (Phi) is 7.85.